The number of likely N-dealkylation sites (tertiary alicyclic amines) is 1. The molecule has 1 aromatic carbocycles. The summed E-state index contributed by atoms with van der Waals surface area (Å²) in [5.74, 6) is -0.541. The van der Waals surface area contributed by atoms with Gasteiger partial charge in [-0.2, -0.15) is 0 Å². The van der Waals surface area contributed by atoms with E-state index < -0.39 is 10.9 Å². The Hall–Kier alpha value is -2.64. The predicted molar refractivity (Wildman–Crippen MR) is 92.7 cm³/mol. The van der Waals surface area contributed by atoms with Crippen molar-refractivity contribution in [2.45, 2.75) is 19.8 Å². The molecule has 1 aliphatic rings. The van der Waals surface area contributed by atoms with Gasteiger partial charge >= 0.3 is 5.97 Å². The molecule has 1 atom stereocenters. The number of hydrogen-bond donors (Lipinski definition) is 0. The van der Waals surface area contributed by atoms with Crippen molar-refractivity contribution in [3.63, 3.8) is 0 Å². The molecule has 0 unspecified atom stereocenters. The molecule has 8 heteroatoms. The van der Waals surface area contributed by atoms with Crippen molar-refractivity contribution in [3.8, 4) is 0 Å². The first-order chi connectivity index (χ1) is 11.8. The standard InChI is InChI=1S/C17H23N3O5/c1-12-5-4-8-19(10-12)16(21)11-25-17(22)13-6-7-14(18(2)3)15(9-13)20(23)24/h6-7,9,12H,4-5,8,10-11H2,1-3H3/t12-/m1/s1. The van der Waals surface area contributed by atoms with Crippen LogP contribution in [-0.2, 0) is 9.53 Å². The fraction of sp³-hybridized carbons (Fsp3) is 0.529. The average molecular weight is 349 g/mol. The molecule has 0 N–H and O–H groups in total. The van der Waals surface area contributed by atoms with E-state index in [1.165, 1.54) is 18.2 Å². The molecule has 0 aliphatic carbocycles. The van der Waals surface area contributed by atoms with Crippen LogP contribution in [0.3, 0.4) is 0 Å². The van der Waals surface area contributed by atoms with Crippen LogP contribution in [0, 0.1) is 16.0 Å². The van der Waals surface area contributed by atoms with E-state index in [0.29, 0.717) is 24.7 Å². The minimum absolute atomic E-state index is 0.0529. The zero-order chi connectivity index (χ0) is 18.6. The van der Waals surface area contributed by atoms with Crippen LogP contribution in [0.1, 0.15) is 30.1 Å². The molecule has 1 heterocycles. The zero-order valence-corrected chi connectivity index (χ0v) is 14.7. The van der Waals surface area contributed by atoms with E-state index in [9.17, 15) is 19.7 Å². The lowest BCUT2D eigenvalue weighted by Gasteiger charge is -2.30. The van der Waals surface area contributed by atoms with E-state index in [1.807, 2.05) is 0 Å². The average Bonchev–Trinajstić information content (AvgIpc) is 2.58. The molecule has 1 saturated heterocycles. The number of benzene rings is 1. The largest absolute Gasteiger partial charge is 0.452 e. The number of nitro groups is 1. The first-order valence-corrected chi connectivity index (χ1v) is 8.20. The van der Waals surface area contributed by atoms with Crippen LogP contribution >= 0.6 is 0 Å². The summed E-state index contributed by atoms with van der Waals surface area (Å²) in [6.07, 6.45) is 2.03. The van der Waals surface area contributed by atoms with Crippen molar-refractivity contribution in [2.24, 2.45) is 5.92 Å². The van der Waals surface area contributed by atoms with Crippen LogP contribution < -0.4 is 4.90 Å². The maximum absolute atomic E-state index is 12.1. The summed E-state index contributed by atoms with van der Waals surface area (Å²) >= 11 is 0. The number of carbonyl (C=O) groups excluding carboxylic acids is 2. The molecule has 1 aromatic rings. The van der Waals surface area contributed by atoms with Crippen LogP contribution in [0.15, 0.2) is 18.2 Å². The number of esters is 1. The Kier molecular flexibility index (Phi) is 5.95. The number of carbonyl (C=O) groups is 2. The van der Waals surface area contributed by atoms with Gasteiger partial charge in [0.25, 0.3) is 11.6 Å². The minimum Gasteiger partial charge on any atom is -0.452 e. The summed E-state index contributed by atoms with van der Waals surface area (Å²) in [5.41, 5.74) is 0.257. The van der Waals surface area contributed by atoms with Crippen LogP contribution in [-0.4, -0.2) is 55.5 Å². The minimum atomic E-state index is -0.744. The topological polar surface area (TPSA) is 93.0 Å². The van der Waals surface area contributed by atoms with Crippen molar-refractivity contribution in [2.75, 3.05) is 38.7 Å². The SMILES string of the molecule is C[C@@H]1CCCN(C(=O)COC(=O)c2ccc(N(C)C)c([N+](=O)[O-])c2)C1. The number of rotatable bonds is 5. The zero-order valence-electron chi connectivity index (χ0n) is 14.7. The Balaban J connectivity index is 2.02. The van der Waals surface area contributed by atoms with E-state index in [4.69, 9.17) is 4.74 Å². The van der Waals surface area contributed by atoms with Crippen molar-refractivity contribution < 1.29 is 19.2 Å². The highest BCUT2D eigenvalue weighted by atomic mass is 16.6. The number of piperidine rings is 1. The molecule has 0 radical (unpaired) electrons. The molecule has 0 bridgehead atoms. The lowest BCUT2D eigenvalue weighted by Crippen LogP contribution is -2.41. The third-order valence-corrected chi connectivity index (χ3v) is 4.23. The molecule has 8 nitrogen and oxygen atoms in total. The number of nitro benzene ring substituents is 1. The maximum Gasteiger partial charge on any atom is 0.338 e. The van der Waals surface area contributed by atoms with Crippen LogP contribution in [0.25, 0.3) is 0 Å². The van der Waals surface area contributed by atoms with Gasteiger partial charge in [0.05, 0.1) is 10.5 Å². The summed E-state index contributed by atoms with van der Waals surface area (Å²) < 4.78 is 5.05. The molecular formula is C17H23N3O5. The lowest BCUT2D eigenvalue weighted by atomic mass is 10.0. The quantitative estimate of drug-likeness (QED) is 0.459. The van der Waals surface area contributed by atoms with E-state index in [-0.39, 0.29) is 23.8 Å². The molecule has 1 aliphatic heterocycles. The third-order valence-electron chi connectivity index (χ3n) is 4.23. The molecule has 0 spiro atoms. The second-order valence-electron chi connectivity index (χ2n) is 6.52. The van der Waals surface area contributed by atoms with E-state index in [0.717, 1.165) is 12.8 Å². The van der Waals surface area contributed by atoms with E-state index in [2.05, 4.69) is 6.92 Å². The normalized spacial score (nSPS) is 17.1. The van der Waals surface area contributed by atoms with Gasteiger partial charge in [-0.05, 0) is 30.9 Å². The Morgan fingerprint density at radius 1 is 1.40 bits per heavy atom. The Morgan fingerprint density at radius 2 is 2.12 bits per heavy atom. The second kappa shape index (κ2) is 7.96. The predicted octanol–water partition coefficient (Wildman–Crippen LogP) is 2.08. The van der Waals surface area contributed by atoms with Gasteiger partial charge in [0, 0.05) is 33.3 Å². The third kappa shape index (κ3) is 4.68. The number of anilines is 1. The summed E-state index contributed by atoms with van der Waals surface area (Å²) in [6, 6.07) is 4.12. The van der Waals surface area contributed by atoms with Crippen LogP contribution in [0.5, 0.6) is 0 Å². The molecule has 136 valence electrons. The molecule has 1 amide bonds. The van der Waals surface area contributed by atoms with Crippen LogP contribution in [0.4, 0.5) is 11.4 Å². The van der Waals surface area contributed by atoms with Gasteiger partial charge in [-0.3, -0.25) is 14.9 Å². The summed E-state index contributed by atoms with van der Waals surface area (Å²) in [5, 5.41) is 11.2. The molecule has 0 aromatic heterocycles. The Morgan fingerprint density at radius 3 is 2.72 bits per heavy atom. The van der Waals surface area contributed by atoms with Crippen molar-refractivity contribution in [1.29, 1.82) is 0 Å². The first-order valence-electron chi connectivity index (χ1n) is 8.20. The molecule has 25 heavy (non-hydrogen) atoms. The summed E-state index contributed by atoms with van der Waals surface area (Å²) in [6.45, 7) is 3.06. The van der Waals surface area contributed by atoms with Gasteiger partial charge in [0.2, 0.25) is 0 Å². The van der Waals surface area contributed by atoms with Gasteiger partial charge in [-0.15, -0.1) is 0 Å². The Bertz CT molecular complexity index is 674. The highest BCUT2D eigenvalue weighted by Gasteiger charge is 2.23. The van der Waals surface area contributed by atoms with Crippen molar-refractivity contribution in [1.82, 2.24) is 4.90 Å². The maximum atomic E-state index is 12.1. The van der Waals surface area contributed by atoms with Crippen molar-refractivity contribution in [3.05, 3.63) is 33.9 Å². The fourth-order valence-electron chi connectivity index (χ4n) is 2.89. The highest BCUT2D eigenvalue weighted by molar-refractivity contribution is 5.93. The summed E-state index contributed by atoms with van der Waals surface area (Å²) in [7, 11) is 3.36. The summed E-state index contributed by atoms with van der Waals surface area (Å²) in [4.78, 5) is 38.2. The second-order valence-corrected chi connectivity index (χ2v) is 6.52. The fourth-order valence-corrected chi connectivity index (χ4v) is 2.89. The van der Waals surface area contributed by atoms with Gasteiger partial charge in [0.15, 0.2) is 6.61 Å². The molecular weight excluding hydrogens is 326 g/mol. The van der Waals surface area contributed by atoms with Gasteiger partial charge in [0.1, 0.15) is 5.69 Å². The number of ether oxygens (including phenoxy) is 1. The number of nitrogens with zero attached hydrogens (tertiary/aromatic N) is 3. The number of amides is 1. The van der Waals surface area contributed by atoms with Gasteiger partial charge in [-0.1, -0.05) is 6.92 Å². The molecule has 2 rings (SSSR count). The lowest BCUT2D eigenvalue weighted by molar-refractivity contribution is -0.384. The smallest absolute Gasteiger partial charge is 0.338 e. The molecule has 0 saturated carbocycles. The van der Waals surface area contributed by atoms with Crippen LogP contribution in [0.2, 0.25) is 0 Å². The highest BCUT2D eigenvalue weighted by Crippen LogP contribution is 2.28. The Labute approximate surface area is 146 Å². The van der Waals surface area contributed by atoms with E-state index >= 15 is 0 Å². The van der Waals surface area contributed by atoms with Gasteiger partial charge in [-0.25, -0.2) is 4.79 Å². The monoisotopic (exact) mass is 349 g/mol. The van der Waals surface area contributed by atoms with E-state index in [1.54, 1.807) is 23.9 Å². The number of hydrogen-bond acceptors (Lipinski definition) is 6. The molecule has 1 fully saturated rings. The first kappa shape index (κ1) is 18.7. The van der Waals surface area contributed by atoms with Crippen molar-refractivity contribution >= 4 is 23.3 Å². The van der Waals surface area contributed by atoms with Gasteiger partial charge < -0.3 is 14.5 Å².